The molecule has 0 heterocycles. The van der Waals surface area contributed by atoms with Crippen molar-refractivity contribution < 1.29 is 48.5 Å². The van der Waals surface area contributed by atoms with Crippen molar-refractivity contribution in [2.75, 3.05) is 13.2 Å². The summed E-state index contributed by atoms with van der Waals surface area (Å²) in [6.07, 6.45) is 0.868. The molecule has 4 aromatic carbocycles. The minimum atomic E-state index is -1.27. The van der Waals surface area contributed by atoms with Crippen molar-refractivity contribution in [2.24, 2.45) is 11.8 Å². The number of amides is 2. The first kappa shape index (κ1) is 52.1. The van der Waals surface area contributed by atoms with Crippen LogP contribution >= 0.6 is 0 Å². The Morgan fingerprint density at radius 3 is 1.10 bits per heavy atom. The molecule has 0 saturated heterocycles. The molecule has 0 aromatic heterocycles. The van der Waals surface area contributed by atoms with E-state index in [1.54, 1.807) is 27.7 Å². The molecular weight excluding hydrogens is 805 g/mol. The second kappa shape index (κ2) is 28.5. The van der Waals surface area contributed by atoms with Crippen molar-refractivity contribution in [3.8, 4) is 22.3 Å². The topological polar surface area (TPSA) is 191 Å². The minimum Gasteiger partial charge on any atom is -0.550 e. The number of rotatable bonds is 22. The number of hydrogen-bond acceptors (Lipinski definition) is 10. The summed E-state index contributed by atoms with van der Waals surface area (Å²) in [6.45, 7) is 7.61. The SMILES string of the molecule is CCOC(=O)[C@H](C)CC(Cc1ccc(-c2ccccc2)cc1)NC(=O)CCC(=O)[O-].CCOC(=O)[C@H](C)CC(Cc1ccc(-c2ccccc2)cc1)NC(=O)CCC(=O)[O-].[Ca+2]. The van der Waals surface area contributed by atoms with Gasteiger partial charge in [0.1, 0.15) is 0 Å². The third-order valence-corrected chi connectivity index (χ3v) is 9.58. The molecule has 0 saturated carbocycles. The molecule has 13 heteroatoms. The summed E-state index contributed by atoms with van der Waals surface area (Å²) >= 11 is 0. The van der Waals surface area contributed by atoms with Crippen LogP contribution < -0.4 is 20.8 Å². The Balaban J connectivity index is 0.000000413. The number of carboxylic acid groups (broad SMARTS) is 2. The maximum Gasteiger partial charge on any atom is 2.00 e. The Bertz CT molecular complexity index is 1820. The number of esters is 2. The van der Waals surface area contributed by atoms with E-state index in [1.165, 1.54) is 0 Å². The Kier molecular flexibility index (Phi) is 24.3. The van der Waals surface area contributed by atoms with Crippen LogP contribution in [0.4, 0.5) is 0 Å². The number of benzene rings is 4. The van der Waals surface area contributed by atoms with E-state index in [1.807, 2.05) is 109 Å². The van der Waals surface area contributed by atoms with E-state index >= 15 is 0 Å². The first-order valence-corrected chi connectivity index (χ1v) is 20.4. The van der Waals surface area contributed by atoms with Crippen molar-refractivity contribution >= 4 is 73.4 Å². The Morgan fingerprint density at radius 2 is 0.803 bits per heavy atom. The predicted octanol–water partition coefficient (Wildman–Crippen LogP) is 4.62. The zero-order valence-corrected chi connectivity index (χ0v) is 37.8. The molecule has 12 nitrogen and oxygen atoms in total. The van der Waals surface area contributed by atoms with Gasteiger partial charge < -0.3 is 39.9 Å². The number of hydrogen-bond donors (Lipinski definition) is 2. The minimum absolute atomic E-state index is 0. The van der Waals surface area contributed by atoms with Crippen LogP contribution in [0.25, 0.3) is 22.3 Å². The van der Waals surface area contributed by atoms with Gasteiger partial charge in [-0.1, -0.05) is 123 Å². The van der Waals surface area contributed by atoms with Crippen LogP contribution in [-0.4, -0.2) is 98.7 Å². The van der Waals surface area contributed by atoms with Crippen molar-refractivity contribution in [1.82, 2.24) is 10.6 Å². The molecule has 0 radical (unpaired) electrons. The third kappa shape index (κ3) is 20.4. The zero-order chi connectivity index (χ0) is 43.9. The van der Waals surface area contributed by atoms with Gasteiger partial charge in [-0.15, -0.1) is 0 Å². The van der Waals surface area contributed by atoms with Crippen LogP contribution in [0.15, 0.2) is 109 Å². The Hall–Kier alpha value is -5.04. The van der Waals surface area contributed by atoms with Crippen LogP contribution in [0.2, 0.25) is 0 Å². The molecule has 0 aliphatic rings. The molecule has 2 amide bonds. The first-order chi connectivity index (χ1) is 28.8. The second-order valence-electron chi connectivity index (χ2n) is 14.6. The average Bonchev–Trinajstić information content (AvgIpc) is 3.23. The van der Waals surface area contributed by atoms with Crippen molar-refractivity contribution in [1.29, 1.82) is 0 Å². The van der Waals surface area contributed by atoms with Gasteiger partial charge in [0.15, 0.2) is 0 Å². The van der Waals surface area contributed by atoms with Gasteiger partial charge in [0.2, 0.25) is 11.8 Å². The number of aliphatic carboxylic acids is 2. The van der Waals surface area contributed by atoms with Crippen molar-refractivity contribution in [3.05, 3.63) is 120 Å². The fraction of sp³-hybridized carbons (Fsp3) is 0.375. The molecule has 61 heavy (non-hydrogen) atoms. The van der Waals surface area contributed by atoms with Gasteiger partial charge in [-0.25, -0.2) is 0 Å². The second-order valence-corrected chi connectivity index (χ2v) is 14.6. The molecule has 0 spiro atoms. The number of carbonyl (C=O) groups excluding carboxylic acids is 6. The number of carbonyl (C=O) groups is 6. The summed E-state index contributed by atoms with van der Waals surface area (Å²) in [5.74, 6) is -4.68. The van der Waals surface area contributed by atoms with E-state index in [9.17, 15) is 39.0 Å². The molecule has 4 aromatic rings. The van der Waals surface area contributed by atoms with Gasteiger partial charge in [-0.3, -0.25) is 19.2 Å². The summed E-state index contributed by atoms with van der Waals surface area (Å²) in [5.41, 5.74) is 6.44. The fourth-order valence-corrected chi connectivity index (χ4v) is 6.53. The van der Waals surface area contributed by atoms with Gasteiger partial charge in [-0.05, 0) is 85.8 Å². The molecule has 2 N–H and O–H groups in total. The molecule has 0 fully saturated rings. The number of carboxylic acids is 2. The standard InChI is InChI=1S/2C24H29NO5.Ca/c2*1-3-30-24(29)17(2)15-21(25-22(26)13-14-23(27)28)16-18-9-11-20(12-10-18)19-7-5-4-6-8-19;/h2*4-12,17,21H,3,13-16H2,1-2H3,(H,25,26)(H,27,28);/q;;+2/p-2/t2*17-,21?;/m11./s1. The zero-order valence-electron chi connectivity index (χ0n) is 35.6. The molecule has 4 atom stereocenters. The van der Waals surface area contributed by atoms with Crippen LogP contribution in [-0.2, 0) is 51.1 Å². The van der Waals surface area contributed by atoms with E-state index in [-0.39, 0.29) is 111 Å². The molecule has 0 aliphatic heterocycles. The van der Waals surface area contributed by atoms with Crippen LogP contribution in [0.5, 0.6) is 0 Å². The quantitative estimate of drug-likeness (QED) is 0.0833. The van der Waals surface area contributed by atoms with Crippen LogP contribution in [0.3, 0.4) is 0 Å². The molecule has 0 bridgehead atoms. The summed E-state index contributed by atoms with van der Waals surface area (Å²) in [4.78, 5) is 69.5. The van der Waals surface area contributed by atoms with Crippen LogP contribution in [0.1, 0.15) is 77.3 Å². The molecule has 0 aliphatic carbocycles. The molecule has 4 rings (SSSR count). The van der Waals surface area contributed by atoms with E-state index in [0.717, 1.165) is 33.4 Å². The Morgan fingerprint density at radius 1 is 0.492 bits per heavy atom. The monoisotopic (exact) mass is 860 g/mol. The third-order valence-electron chi connectivity index (χ3n) is 9.58. The van der Waals surface area contributed by atoms with Gasteiger partial charge in [0, 0.05) is 36.9 Å². The normalized spacial score (nSPS) is 12.4. The molecule has 320 valence electrons. The maximum atomic E-state index is 12.1. The van der Waals surface area contributed by atoms with Gasteiger partial charge >= 0.3 is 49.7 Å². The maximum absolute atomic E-state index is 12.1. The smallest absolute Gasteiger partial charge is 0.550 e. The summed E-state index contributed by atoms with van der Waals surface area (Å²) in [5, 5.41) is 26.9. The van der Waals surface area contributed by atoms with E-state index in [4.69, 9.17) is 9.47 Å². The van der Waals surface area contributed by atoms with Crippen molar-refractivity contribution in [2.45, 2.75) is 91.1 Å². The first-order valence-electron chi connectivity index (χ1n) is 20.4. The van der Waals surface area contributed by atoms with E-state index < -0.39 is 11.9 Å². The van der Waals surface area contributed by atoms with Gasteiger partial charge in [0.25, 0.3) is 0 Å². The van der Waals surface area contributed by atoms with E-state index in [2.05, 4.69) is 10.6 Å². The summed E-state index contributed by atoms with van der Waals surface area (Å²) in [6, 6.07) is 35.5. The Labute approximate surface area is 388 Å². The molecule has 2 unspecified atom stereocenters. The predicted molar refractivity (Wildman–Crippen MR) is 230 cm³/mol. The van der Waals surface area contributed by atoms with Gasteiger partial charge in [-0.2, -0.15) is 0 Å². The number of ether oxygens (including phenoxy) is 2. The average molecular weight is 861 g/mol. The number of nitrogens with one attached hydrogen (secondary N) is 2. The summed E-state index contributed by atoms with van der Waals surface area (Å²) < 4.78 is 10.1. The largest absolute Gasteiger partial charge is 2.00 e. The van der Waals surface area contributed by atoms with Crippen molar-refractivity contribution in [3.63, 3.8) is 0 Å². The van der Waals surface area contributed by atoms with Crippen LogP contribution in [0, 0.1) is 11.8 Å². The van der Waals surface area contributed by atoms with E-state index in [0.29, 0.717) is 38.9 Å². The van der Waals surface area contributed by atoms with Gasteiger partial charge in [0.05, 0.1) is 25.0 Å². The fourth-order valence-electron chi connectivity index (χ4n) is 6.53. The molecular formula is C48H56CaN2O10. The summed E-state index contributed by atoms with van der Waals surface area (Å²) in [7, 11) is 0.